The number of likely N-dealkylation sites (tertiary alicyclic amines) is 1. The van der Waals surface area contributed by atoms with E-state index in [9.17, 15) is 9.59 Å². The molecule has 1 fully saturated rings. The monoisotopic (exact) mass is 395 g/mol. The maximum atomic E-state index is 12.6. The predicted molar refractivity (Wildman–Crippen MR) is 111 cm³/mol. The van der Waals surface area contributed by atoms with E-state index >= 15 is 0 Å². The van der Waals surface area contributed by atoms with Crippen molar-refractivity contribution in [2.45, 2.75) is 31.8 Å². The molecule has 0 saturated carbocycles. The number of anilines is 1. The second-order valence-electron chi connectivity index (χ2n) is 7.24. The van der Waals surface area contributed by atoms with Gasteiger partial charge in [0.05, 0.1) is 18.3 Å². The molecule has 2 aromatic carbocycles. The lowest BCUT2D eigenvalue weighted by atomic mass is 10.0. The standard InChI is InChI=1S/C22H25N3O4/c1-28-19-8-4-2-6-17(19)23-16-10-13-24(14-11-16)21(26)12-15-25-18-7-3-5-9-20(18)29-22(25)27/h2-9,16,23H,10-15H2,1H3. The molecule has 1 saturated heterocycles. The molecule has 0 atom stereocenters. The van der Waals surface area contributed by atoms with Crippen LogP contribution in [0.5, 0.6) is 5.75 Å². The van der Waals surface area contributed by atoms with Crippen LogP contribution < -0.4 is 15.8 Å². The van der Waals surface area contributed by atoms with Gasteiger partial charge in [0.2, 0.25) is 5.91 Å². The first-order valence-electron chi connectivity index (χ1n) is 9.91. The number of aromatic nitrogens is 1. The predicted octanol–water partition coefficient (Wildman–Crippen LogP) is 3.10. The Morgan fingerprint density at radius 1 is 1.14 bits per heavy atom. The van der Waals surface area contributed by atoms with Gasteiger partial charge in [-0.1, -0.05) is 24.3 Å². The zero-order valence-electron chi connectivity index (χ0n) is 16.5. The number of amides is 1. The van der Waals surface area contributed by atoms with Gasteiger partial charge in [-0.3, -0.25) is 9.36 Å². The van der Waals surface area contributed by atoms with Crippen LogP contribution in [-0.4, -0.2) is 41.6 Å². The fourth-order valence-corrected chi connectivity index (χ4v) is 3.85. The Morgan fingerprint density at radius 2 is 1.86 bits per heavy atom. The fraction of sp³-hybridized carbons (Fsp3) is 0.364. The van der Waals surface area contributed by atoms with Crippen molar-refractivity contribution in [3.63, 3.8) is 0 Å². The maximum Gasteiger partial charge on any atom is 0.419 e. The minimum atomic E-state index is -0.418. The zero-order valence-corrected chi connectivity index (χ0v) is 16.5. The summed E-state index contributed by atoms with van der Waals surface area (Å²) < 4.78 is 12.2. The summed E-state index contributed by atoms with van der Waals surface area (Å²) in [5.41, 5.74) is 2.25. The Balaban J connectivity index is 1.31. The molecule has 1 aromatic heterocycles. The molecule has 0 radical (unpaired) electrons. The van der Waals surface area contributed by atoms with Gasteiger partial charge in [0.15, 0.2) is 5.58 Å². The number of hydrogen-bond donors (Lipinski definition) is 1. The smallest absolute Gasteiger partial charge is 0.419 e. The largest absolute Gasteiger partial charge is 0.495 e. The van der Waals surface area contributed by atoms with Crippen LogP contribution in [0.1, 0.15) is 19.3 Å². The summed E-state index contributed by atoms with van der Waals surface area (Å²) in [4.78, 5) is 26.6. The Bertz CT molecular complexity index is 1050. The van der Waals surface area contributed by atoms with Gasteiger partial charge < -0.3 is 19.4 Å². The van der Waals surface area contributed by atoms with E-state index in [0.29, 0.717) is 31.3 Å². The molecule has 1 amide bonds. The number of oxazole rings is 1. The highest BCUT2D eigenvalue weighted by atomic mass is 16.5. The van der Waals surface area contributed by atoms with Crippen molar-refractivity contribution in [1.82, 2.24) is 9.47 Å². The number of benzene rings is 2. The minimum Gasteiger partial charge on any atom is -0.495 e. The molecule has 4 rings (SSSR count). The van der Waals surface area contributed by atoms with Gasteiger partial charge in [-0.2, -0.15) is 0 Å². The normalized spacial score (nSPS) is 14.9. The number of carbonyl (C=O) groups is 1. The topological polar surface area (TPSA) is 76.7 Å². The molecular formula is C22H25N3O4. The van der Waals surface area contributed by atoms with Gasteiger partial charge in [-0.05, 0) is 37.1 Å². The van der Waals surface area contributed by atoms with Crippen molar-refractivity contribution in [2.24, 2.45) is 0 Å². The first-order chi connectivity index (χ1) is 14.2. The third-order valence-corrected chi connectivity index (χ3v) is 5.44. The molecule has 3 aromatic rings. The summed E-state index contributed by atoms with van der Waals surface area (Å²) in [7, 11) is 1.66. The molecule has 1 aliphatic heterocycles. The van der Waals surface area contributed by atoms with Crippen LogP contribution in [0.3, 0.4) is 0 Å². The summed E-state index contributed by atoms with van der Waals surface area (Å²) in [5.74, 6) is 0.473. The van der Waals surface area contributed by atoms with Crippen molar-refractivity contribution < 1.29 is 13.9 Å². The number of aryl methyl sites for hydroxylation is 1. The molecule has 7 heteroatoms. The number of piperidine rings is 1. The van der Waals surface area contributed by atoms with Crippen LogP contribution in [0, 0.1) is 0 Å². The van der Waals surface area contributed by atoms with Gasteiger partial charge in [-0.25, -0.2) is 4.79 Å². The molecule has 0 unspecified atom stereocenters. The van der Waals surface area contributed by atoms with Crippen LogP contribution in [0.4, 0.5) is 5.69 Å². The summed E-state index contributed by atoms with van der Waals surface area (Å²) in [5, 5.41) is 3.52. The zero-order chi connectivity index (χ0) is 20.2. The third-order valence-electron chi connectivity index (χ3n) is 5.44. The number of methoxy groups -OCH3 is 1. The highest BCUT2D eigenvalue weighted by Crippen LogP contribution is 2.26. The number of nitrogens with one attached hydrogen (secondary N) is 1. The van der Waals surface area contributed by atoms with Crippen molar-refractivity contribution >= 4 is 22.7 Å². The molecule has 1 aliphatic rings. The number of carbonyl (C=O) groups excluding carboxylic acids is 1. The highest BCUT2D eigenvalue weighted by Gasteiger charge is 2.23. The number of nitrogens with zero attached hydrogens (tertiary/aromatic N) is 2. The van der Waals surface area contributed by atoms with Gasteiger partial charge >= 0.3 is 5.76 Å². The van der Waals surface area contributed by atoms with E-state index in [-0.39, 0.29) is 12.3 Å². The number of rotatable bonds is 6. The first-order valence-corrected chi connectivity index (χ1v) is 9.91. The van der Waals surface area contributed by atoms with E-state index < -0.39 is 5.76 Å². The lowest BCUT2D eigenvalue weighted by molar-refractivity contribution is -0.132. The lowest BCUT2D eigenvalue weighted by Crippen LogP contribution is -2.42. The van der Waals surface area contributed by atoms with E-state index in [1.807, 2.05) is 47.4 Å². The van der Waals surface area contributed by atoms with Crippen LogP contribution in [0.25, 0.3) is 11.1 Å². The van der Waals surface area contributed by atoms with Gasteiger partial charge in [0.1, 0.15) is 5.75 Å². The van der Waals surface area contributed by atoms with Crippen molar-refractivity contribution in [1.29, 1.82) is 0 Å². The Morgan fingerprint density at radius 3 is 2.66 bits per heavy atom. The number of hydrogen-bond acceptors (Lipinski definition) is 5. The number of fused-ring (bicyclic) bond motifs is 1. The summed E-state index contributed by atoms with van der Waals surface area (Å²) in [6, 6.07) is 15.4. The molecule has 7 nitrogen and oxygen atoms in total. The minimum absolute atomic E-state index is 0.0675. The molecule has 29 heavy (non-hydrogen) atoms. The van der Waals surface area contributed by atoms with E-state index in [2.05, 4.69) is 5.32 Å². The molecule has 2 heterocycles. The van der Waals surface area contributed by atoms with E-state index in [1.54, 1.807) is 13.2 Å². The summed E-state index contributed by atoms with van der Waals surface area (Å²) in [6.07, 6.45) is 2.03. The van der Waals surface area contributed by atoms with Crippen LogP contribution in [-0.2, 0) is 11.3 Å². The molecule has 0 aliphatic carbocycles. The summed E-state index contributed by atoms with van der Waals surface area (Å²) in [6.45, 7) is 1.73. The van der Waals surface area contributed by atoms with Crippen molar-refractivity contribution in [3.05, 3.63) is 59.1 Å². The average Bonchev–Trinajstić information content (AvgIpc) is 3.08. The van der Waals surface area contributed by atoms with Gasteiger partial charge in [-0.15, -0.1) is 0 Å². The highest BCUT2D eigenvalue weighted by molar-refractivity contribution is 5.77. The molecule has 0 bridgehead atoms. The Labute approximate surface area is 168 Å². The lowest BCUT2D eigenvalue weighted by Gasteiger charge is -2.33. The Hall–Kier alpha value is -3.22. The van der Waals surface area contributed by atoms with Crippen LogP contribution in [0.15, 0.2) is 57.7 Å². The Kier molecular flexibility index (Phi) is 5.55. The van der Waals surface area contributed by atoms with Gasteiger partial charge in [0.25, 0.3) is 0 Å². The maximum absolute atomic E-state index is 12.6. The third kappa shape index (κ3) is 4.13. The summed E-state index contributed by atoms with van der Waals surface area (Å²) >= 11 is 0. The number of ether oxygens (including phenoxy) is 1. The van der Waals surface area contributed by atoms with Gasteiger partial charge in [0, 0.05) is 32.1 Å². The van der Waals surface area contributed by atoms with Crippen molar-refractivity contribution in [3.8, 4) is 5.75 Å². The van der Waals surface area contributed by atoms with E-state index in [4.69, 9.17) is 9.15 Å². The van der Waals surface area contributed by atoms with Crippen LogP contribution >= 0.6 is 0 Å². The second kappa shape index (κ2) is 8.43. The SMILES string of the molecule is COc1ccccc1NC1CCN(C(=O)CCn2c(=O)oc3ccccc32)CC1. The van der Waals surface area contributed by atoms with E-state index in [1.165, 1.54) is 4.57 Å². The van der Waals surface area contributed by atoms with E-state index in [0.717, 1.165) is 29.8 Å². The molecule has 0 spiro atoms. The second-order valence-corrected chi connectivity index (χ2v) is 7.24. The first kappa shape index (κ1) is 19.1. The fourth-order valence-electron chi connectivity index (χ4n) is 3.85. The molecule has 152 valence electrons. The number of para-hydroxylation sites is 4. The average molecular weight is 395 g/mol. The molecule has 1 N–H and O–H groups in total. The van der Waals surface area contributed by atoms with Crippen molar-refractivity contribution in [2.75, 3.05) is 25.5 Å². The van der Waals surface area contributed by atoms with Crippen LogP contribution in [0.2, 0.25) is 0 Å². The quantitative estimate of drug-likeness (QED) is 0.694. The molecular weight excluding hydrogens is 370 g/mol.